The molecule has 0 unspecified atom stereocenters. The molecule has 0 radical (unpaired) electrons. The molecule has 0 saturated heterocycles. The first kappa shape index (κ1) is 7.30. The normalized spacial score (nSPS) is 10.4. The van der Waals surface area contributed by atoms with Crippen LogP contribution in [0.5, 0.6) is 5.75 Å². The molecule has 0 aliphatic rings. The Bertz CT molecular complexity index is 412. The lowest BCUT2D eigenvalue weighted by molar-refractivity contribution is 0.417. The number of rotatable bonds is 1. The molecule has 2 aromatic rings. The molecule has 0 aliphatic heterocycles. The van der Waals surface area contributed by atoms with Crippen LogP contribution in [0.15, 0.2) is 12.1 Å². The fraction of sp³-hybridized carbons (Fsp3) is 0.143. The van der Waals surface area contributed by atoms with E-state index in [9.17, 15) is 0 Å². The minimum absolute atomic E-state index is 0.616. The van der Waals surface area contributed by atoms with E-state index in [4.69, 9.17) is 10.5 Å². The van der Waals surface area contributed by atoms with Gasteiger partial charge in [-0.3, -0.25) is 0 Å². The molecule has 62 valence electrons. The van der Waals surface area contributed by atoms with Gasteiger partial charge in [-0.25, -0.2) is 0 Å². The number of anilines is 1. The molecule has 2 N–H and O–H groups in total. The monoisotopic (exact) mass is 181 g/mol. The smallest absolute Gasteiger partial charge is 0.143 e. The molecule has 12 heavy (non-hydrogen) atoms. The number of benzene rings is 1. The maximum Gasteiger partial charge on any atom is 0.143 e. The van der Waals surface area contributed by atoms with Gasteiger partial charge in [0, 0.05) is 0 Å². The van der Waals surface area contributed by atoms with Crippen LogP contribution in [0, 0.1) is 0 Å². The average Bonchev–Trinajstić information content (AvgIpc) is 2.53. The van der Waals surface area contributed by atoms with E-state index in [-0.39, 0.29) is 0 Å². The van der Waals surface area contributed by atoms with Gasteiger partial charge in [0.1, 0.15) is 16.0 Å². The van der Waals surface area contributed by atoms with E-state index in [1.807, 2.05) is 6.07 Å². The lowest BCUT2D eigenvalue weighted by Gasteiger charge is -2.02. The van der Waals surface area contributed by atoms with Crippen molar-refractivity contribution in [3.63, 3.8) is 0 Å². The maximum atomic E-state index is 5.78. The summed E-state index contributed by atoms with van der Waals surface area (Å²) >= 11 is 1.28. The molecule has 2 rings (SSSR count). The zero-order valence-corrected chi connectivity index (χ0v) is 7.26. The summed E-state index contributed by atoms with van der Waals surface area (Å²) in [7, 11) is 1.59. The van der Waals surface area contributed by atoms with Crippen molar-refractivity contribution < 1.29 is 4.74 Å². The molecule has 0 fully saturated rings. The number of nitrogens with two attached hydrogens (primary N) is 1. The van der Waals surface area contributed by atoms with Gasteiger partial charge < -0.3 is 10.5 Å². The molecule has 0 saturated carbocycles. The van der Waals surface area contributed by atoms with Crippen LogP contribution in [0.1, 0.15) is 0 Å². The Morgan fingerprint density at radius 3 is 3.08 bits per heavy atom. The van der Waals surface area contributed by atoms with Gasteiger partial charge in [0.2, 0.25) is 0 Å². The number of methoxy groups -OCH3 is 1. The lowest BCUT2D eigenvalue weighted by Crippen LogP contribution is -1.91. The number of hydrogen-bond donors (Lipinski definition) is 1. The van der Waals surface area contributed by atoms with Crippen LogP contribution >= 0.6 is 11.5 Å². The van der Waals surface area contributed by atoms with Crippen molar-refractivity contribution in [2.75, 3.05) is 12.8 Å². The Labute approximate surface area is 73.1 Å². The van der Waals surface area contributed by atoms with E-state index in [2.05, 4.69) is 9.59 Å². The third-order valence-electron chi connectivity index (χ3n) is 1.64. The van der Waals surface area contributed by atoms with Crippen LogP contribution in [0.25, 0.3) is 10.2 Å². The van der Waals surface area contributed by atoms with Crippen molar-refractivity contribution in [3.8, 4) is 5.75 Å². The number of aromatic nitrogens is 2. The molecule has 1 aromatic carbocycles. The van der Waals surface area contributed by atoms with E-state index in [1.165, 1.54) is 11.5 Å². The van der Waals surface area contributed by atoms with Gasteiger partial charge in [0.15, 0.2) is 0 Å². The molecule has 0 atom stereocenters. The van der Waals surface area contributed by atoms with Crippen molar-refractivity contribution in [3.05, 3.63) is 12.1 Å². The molecular formula is C7H7N3OS. The van der Waals surface area contributed by atoms with Crippen molar-refractivity contribution in [2.24, 2.45) is 0 Å². The van der Waals surface area contributed by atoms with Gasteiger partial charge in [0.05, 0.1) is 12.8 Å². The van der Waals surface area contributed by atoms with Gasteiger partial charge in [-0.2, -0.15) is 0 Å². The highest BCUT2D eigenvalue weighted by Crippen LogP contribution is 2.31. The van der Waals surface area contributed by atoms with Crippen molar-refractivity contribution in [2.45, 2.75) is 0 Å². The summed E-state index contributed by atoms with van der Waals surface area (Å²) < 4.78 is 9.73. The van der Waals surface area contributed by atoms with Crippen LogP contribution in [0.4, 0.5) is 5.69 Å². The first-order valence-electron chi connectivity index (χ1n) is 3.37. The van der Waals surface area contributed by atoms with Gasteiger partial charge in [-0.1, -0.05) is 4.49 Å². The summed E-state index contributed by atoms with van der Waals surface area (Å²) in [4.78, 5) is 0. The fourth-order valence-corrected chi connectivity index (χ4v) is 1.64. The van der Waals surface area contributed by atoms with Gasteiger partial charge >= 0.3 is 0 Å². The minimum Gasteiger partial charge on any atom is -0.495 e. The molecule has 0 amide bonds. The first-order chi connectivity index (χ1) is 5.83. The molecule has 1 aromatic heterocycles. The summed E-state index contributed by atoms with van der Waals surface area (Å²) in [5.74, 6) is 0.675. The number of hydrogen-bond acceptors (Lipinski definition) is 5. The molecule has 0 spiro atoms. The van der Waals surface area contributed by atoms with Gasteiger partial charge in [-0.05, 0) is 23.7 Å². The van der Waals surface area contributed by atoms with Crippen LogP contribution in [0.3, 0.4) is 0 Å². The highest BCUT2D eigenvalue weighted by Gasteiger charge is 2.06. The van der Waals surface area contributed by atoms with E-state index in [1.54, 1.807) is 13.2 Å². The van der Waals surface area contributed by atoms with E-state index >= 15 is 0 Å². The topological polar surface area (TPSA) is 61.0 Å². The molecule has 5 heteroatoms. The molecule has 0 aliphatic carbocycles. The molecule has 4 nitrogen and oxygen atoms in total. The zero-order chi connectivity index (χ0) is 8.55. The maximum absolute atomic E-state index is 5.78. The summed E-state index contributed by atoms with van der Waals surface area (Å²) in [6, 6.07) is 3.63. The Morgan fingerprint density at radius 2 is 2.33 bits per heavy atom. The van der Waals surface area contributed by atoms with Crippen LogP contribution in [-0.2, 0) is 0 Å². The Kier molecular flexibility index (Phi) is 1.58. The highest BCUT2D eigenvalue weighted by atomic mass is 32.1. The minimum atomic E-state index is 0.616. The third kappa shape index (κ3) is 0.902. The van der Waals surface area contributed by atoms with Crippen LogP contribution in [0.2, 0.25) is 0 Å². The zero-order valence-electron chi connectivity index (χ0n) is 6.44. The molecular weight excluding hydrogens is 174 g/mol. The van der Waals surface area contributed by atoms with Crippen LogP contribution in [-0.4, -0.2) is 16.7 Å². The molecule has 1 heterocycles. The largest absolute Gasteiger partial charge is 0.495 e. The second kappa shape index (κ2) is 2.60. The quantitative estimate of drug-likeness (QED) is 0.673. The summed E-state index contributed by atoms with van der Waals surface area (Å²) in [5, 5.41) is 3.89. The van der Waals surface area contributed by atoms with E-state index < -0.39 is 0 Å². The predicted octanol–water partition coefficient (Wildman–Crippen LogP) is 1.28. The Hall–Kier alpha value is -1.36. The van der Waals surface area contributed by atoms with Crippen LogP contribution < -0.4 is 10.5 Å². The standard InChI is InChI=1S/C7H7N3OS/c1-11-5-3-2-4-7(6(5)8)12-10-9-4/h2-3H,8H2,1H3. The average molecular weight is 181 g/mol. The fourth-order valence-electron chi connectivity index (χ4n) is 1.03. The first-order valence-corrected chi connectivity index (χ1v) is 4.15. The van der Waals surface area contributed by atoms with Gasteiger partial charge in [0.25, 0.3) is 0 Å². The van der Waals surface area contributed by atoms with E-state index in [0.717, 1.165) is 10.2 Å². The third-order valence-corrected chi connectivity index (χ3v) is 2.41. The van der Waals surface area contributed by atoms with Crippen molar-refractivity contribution in [1.82, 2.24) is 9.59 Å². The summed E-state index contributed by atoms with van der Waals surface area (Å²) in [6.45, 7) is 0. The summed E-state index contributed by atoms with van der Waals surface area (Å²) in [6.07, 6.45) is 0. The van der Waals surface area contributed by atoms with Crippen molar-refractivity contribution >= 4 is 27.4 Å². The van der Waals surface area contributed by atoms with E-state index in [0.29, 0.717) is 11.4 Å². The Morgan fingerprint density at radius 1 is 1.50 bits per heavy atom. The number of nitrogen functional groups attached to an aromatic ring is 1. The number of nitrogens with zero attached hydrogens (tertiary/aromatic N) is 2. The lowest BCUT2D eigenvalue weighted by atomic mass is 10.3. The molecule has 0 bridgehead atoms. The van der Waals surface area contributed by atoms with Gasteiger partial charge in [-0.15, -0.1) is 5.10 Å². The van der Waals surface area contributed by atoms with Crippen molar-refractivity contribution in [1.29, 1.82) is 0 Å². The Balaban J connectivity index is 2.78. The SMILES string of the molecule is COc1ccc2nnsc2c1N. The second-order valence-corrected chi connectivity index (χ2v) is 3.06. The number of fused-ring (bicyclic) bond motifs is 1. The summed E-state index contributed by atoms with van der Waals surface area (Å²) in [5.41, 5.74) is 7.21. The second-order valence-electron chi connectivity index (χ2n) is 2.30. The predicted molar refractivity (Wildman–Crippen MR) is 48.4 cm³/mol. The number of ether oxygens (including phenoxy) is 1. The highest BCUT2D eigenvalue weighted by molar-refractivity contribution is 7.13.